The Hall–Kier alpha value is -1.10. The highest BCUT2D eigenvalue weighted by Gasteiger charge is 2.17. The van der Waals surface area contributed by atoms with Gasteiger partial charge in [-0.25, -0.2) is 0 Å². The number of halogens is 1. The number of nitrogens with zero attached hydrogens (tertiary/aromatic N) is 1. The molecule has 5 heteroatoms. The number of anilines is 1. The van der Waals surface area contributed by atoms with Crippen LogP contribution in [0.25, 0.3) is 0 Å². The zero-order valence-corrected chi connectivity index (χ0v) is 13.3. The van der Waals surface area contributed by atoms with Crippen molar-refractivity contribution in [2.45, 2.75) is 19.8 Å². The largest absolute Gasteiger partial charge is 0.325 e. The molecule has 0 unspecified atom stereocenters. The topological polar surface area (TPSA) is 44.4 Å². The summed E-state index contributed by atoms with van der Waals surface area (Å²) in [7, 11) is 0. The minimum Gasteiger partial charge on any atom is -0.325 e. The summed E-state index contributed by atoms with van der Waals surface area (Å²) in [6, 6.07) is 7.15. The SMILES string of the molecule is CCN1CCC(CNCC(=O)Nc2ccc(Cl)cc2)CC1. The second kappa shape index (κ2) is 8.37. The highest BCUT2D eigenvalue weighted by atomic mass is 35.5. The molecule has 1 amide bonds. The summed E-state index contributed by atoms with van der Waals surface area (Å²) in [6.45, 7) is 6.99. The molecule has 0 aromatic heterocycles. The number of benzene rings is 1. The fraction of sp³-hybridized carbons (Fsp3) is 0.562. The van der Waals surface area contributed by atoms with E-state index >= 15 is 0 Å². The van der Waals surface area contributed by atoms with Crippen LogP contribution in [0.1, 0.15) is 19.8 Å². The molecule has 1 aliphatic heterocycles. The Labute approximate surface area is 131 Å². The molecule has 116 valence electrons. The molecule has 1 saturated heterocycles. The second-order valence-electron chi connectivity index (χ2n) is 5.56. The van der Waals surface area contributed by atoms with E-state index in [1.165, 1.54) is 25.9 Å². The monoisotopic (exact) mass is 309 g/mol. The molecule has 4 nitrogen and oxygen atoms in total. The average Bonchev–Trinajstić information content (AvgIpc) is 2.50. The minimum atomic E-state index is -0.0108. The van der Waals surface area contributed by atoms with Crippen molar-refractivity contribution in [2.24, 2.45) is 5.92 Å². The zero-order chi connectivity index (χ0) is 15.1. The molecule has 2 rings (SSSR count). The number of rotatable bonds is 6. The fourth-order valence-electron chi connectivity index (χ4n) is 2.64. The van der Waals surface area contributed by atoms with Gasteiger partial charge in [0.25, 0.3) is 0 Å². The summed E-state index contributed by atoms with van der Waals surface area (Å²) in [5, 5.41) is 6.79. The number of amides is 1. The van der Waals surface area contributed by atoms with Crippen LogP contribution in [0, 0.1) is 5.92 Å². The zero-order valence-electron chi connectivity index (χ0n) is 12.6. The quantitative estimate of drug-likeness (QED) is 0.849. The van der Waals surface area contributed by atoms with Crippen LogP contribution >= 0.6 is 11.6 Å². The van der Waals surface area contributed by atoms with Crippen molar-refractivity contribution in [3.8, 4) is 0 Å². The molecule has 0 atom stereocenters. The number of carbonyl (C=O) groups excluding carboxylic acids is 1. The van der Waals surface area contributed by atoms with E-state index in [1.807, 2.05) is 0 Å². The van der Waals surface area contributed by atoms with Crippen molar-refractivity contribution in [2.75, 3.05) is 38.0 Å². The van der Waals surface area contributed by atoms with Crippen LogP contribution in [0.5, 0.6) is 0 Å². The van der Waals surface area contributed by atoms with Gasteiger partial charge in [0.15, 0.2) is 0 Å². The first-order chi connectivity index (χ1) is 10.2. The highest BCUT2D eigenvalue weighted by molar-refractivity contribution is 6.30. The van der Waals surface area contributed by atoms with Gasteiger partial charge in [0.05, 0.1) is 6.54 Å². The smallest absolute Gasteiger partial charge is 0.238 e. The molecule has 1 aromatic carbocycles. The van der Waals surface area contributed by atoms with E-state index in [-0.39, 0.29) is 5.91 Å². The maximum Gasteiger partial charge on any atom is 0.238 e. The fourth-order valence-corrected chi connectivity index (χ4v) is 2.76. The molecule has 21 heavy (non-hydrogen) atoms. The summed E-state index contributed by atoms with van der Waals surface area (Å²) in [6.07, 6.45) is 2.44. The summed E-state index contributed by atoms with van der Waals surface area (Å²) >= 11 is 5.81. The number of nitrogens with one attached hydrogen (secondary N) is 2. The van der Waals surface area contributed by atoms with Crippen LogP contribution in [-0.4, -0.2) is 43.5 Å². The molecule has 0 spiro atoms. The molecule has 0 bridgehead atoms. The van der Waals surface area contributed by atoms with Gasteiger partial charge in [-0.2, -0.15) is 0 Å². The van der Waals surface area contributed by atoms with E-state index in [0.717, 1.165) is 18.8 Å². The Morgan fingerprint density at radius 2 is 1.95 bits per heavy atom. The van der Waals surface area contributed by atoms with Crippen LogP contribution in [0.2, 0.25) is 5.02 Å². The minimum absolute atomic E-state index is 0.0108. The number of hydrogen-bond donors (Lipinski definition) is 2. The lowest BCUT2D eigenvalue weighted by Gasteiger charge is -2.31. The predicted molar refractivity (Wildman–Crippen MR) is 87.8 cm³/mol. The van der Waals surface area contributed by atoms with Crippen LogP contribution in [0.4, 0.5) is 5.69 Å². The van der Waals surface area contributed by atoms with E-state index in [0.29, 0.717) is 17.5 Å². The van der Waals surface area contributed by atoms with Gasteiger partial charge in [-0.05, 0) is 69.2 Å². The molecule has 0 radical (unpaired) electrons. The van der Waals surface area contributed by atoms with Crippen LogP contribution in [-0.2, 0) is 4.79 Å². The molecule has 0 aliphatic carbocycles. The molecular weight excluding hydrogens is 286 g/mol. The Morgan fingerprint density at radius 3 is 2.57 bits per heavy atom. The van der Waals surface area contributed by atoms with Gasteiger partial charge < -0.3 is 15.5 Å². The Balaban J connectivity index is 1.62. The Bertz CT molecular complexity index is 441. The van der Waals surface area contributed by atoms with Crippen molar-refractivity contribution in [1.29, 1.82) is 0 Å². The van der Waals surface area contributed by atoms with Crippen LogP contribution < -0.4 is 10.6 Å². The Morgan fingerprint density at radius 1 is 1.29 bits per heavy atom. The lowest BCUT2D eigenvalue weighted by atomic mass is 9.97. The van der Waals surface area contributed by atoms with Gasteiger partial charge >= 0.3 is 0 Å². The number of hydrogen-bond acceptors (Lipinski definition) is 3. The average molecular weight is 310 g/mol. The standard InChI is InChI=1S/C16H24ClN3O/c1-2-20-9-7-13(8-10-20)11-18-12-16(21)19-15-5-3-14(17)4-6-15/h3-6,13,18H,2,7-12H2,1H3,(H,19,21). The van der Waals surface area contributed by atoms with Crippen molar-refractivity contribution >= 4 is 23.2 Å². The molecular formula is C16H24ClN3O. The third kappa shape index (κ3) is 5.65. The summed E-state index contributed by atoms with van der Waals surface area (Å²) in [5.41, 5.74) is 0.780. The number of carbonyl (C=O) groups is 1. The number of likely N-dealkylation sites (tertiary alicyclic amines) is 1. The lowest BCUT2D eigenvalue weighted by molar-refractivity contribution is -0.115. The molecule has 1 fully saturated rings. The van der Waals surface area contributed by atoms with Crippen molar-refractivity contribution in [3.05, 3.63) is 29.3 Å². The summed E-state index contributed by atoms with van der Waals surface area (Å²) in [4.78, 5) is 14.3. The second-order valence-corrected chi connectivity index (χ2v) is 6.00. The van der Waals surface area contributed by atoms with Gasteiger partial charge in [0.2, 0.25) is 5.91 Å². The van der Waals surface area contributed by atoms with Gasteiger partial charge in [-0.3, -0.25) is 4.79 Å². The molecule has 2 N–H and O–H groups in total. The van der Waals surface area contributed by atoms with Crippen LogP contribution in [0.3, 0.4) is 0 Å². The normalized spacial score (nSPS) is 16.9. The van der Waals surface area contributed by atoms with Gasteiger partial charge in [0, 0.05) is 10.7 Å². The first-order valence-electron chi connectivity index (χ1n) is 7.66. The predicted octanol–water partition coefficient (Wildman–Crippen LogP) is 2.60. The van der Waals surface area contributed by atoms with E-state index in [1.54, 1.807) is 24.3 Å². The molecule has 1 heterocycles. The van der Waals surface area contributed by atoms with E-state index < -0.39 is 0 Å². The first kappa shape index (κ1) is 16.3. The number of piperidine rings is 1. The van der Waals surface area contributed by atoms with Crippen molar-refractivity contribution in [1.82, 2.24) is 10.2 Å². The maximum atomic E-state index is 11.8. The van der Waals surface area contributed by atoms with Crippen molar-refractivity contribution in [3.63, 3.8) is 0 Å². The van der Waals surface area contributed by atoms with Crippen LogP contribution in [0.15, 0.2) is 24.3 Å². The van der Waals surface area contributed by atoms with Crippen molar-refractivity contribution < 1.29 is 4.79 Å². The van der Waals surface area contributed by atoms with E-state index in [4.69, 9.17) is 11.6 Å². The van der Waals surface area contributed by atoms with Gasteiger partial charge in [-0.1, -0.05) is 18.5 Å². The molecule has 1 aromatic rings. The van der Waals surface area contributed by atoms with E-state index in [2.05, 4.69) is 22.5 Å². The molecule has 1 aliphatic rings. The maximum absolute atomic E-state index is 11.8. The first-order valence-corrected chi connectivity index (χ1v) is 8.03. The lowest BCUT2D eigenvalue weighted by Crippen LogP contribution is -2.38. The summed E-state index contributed by atoms with van der Waals surface area (Å²) < 4.78 is 0. The highest BCUT2D eigenvalue weighted by Crippen LogP contribution is 2.16. The van der Waals surface area contributed by atoms with Gasteiger partial charge in [-0.15, -0.1) is 0 Å². The third-order valence-electron chi connectivity index (χ3n) is 4.00. The third-order valence-corrected chi connectivity index (χ3v) is 4.25. The van der Waals surface area contributed by atoms with E-state index in [9.17, 15) is 4.79 Å². The Kier molecular flexibility index (Phi) is 6.49. The molecule has 0 saturated carbocycles. The van der Waals surface area contributed by atoms with Gasteiger partial charge in [0.1, 0.15) is 0 Å². The summed E-state index contributed by atoms with van der Waals surface area (Å²) in [5.74, 6) is 0.680.